The summed E-state index contributed by atoms with van der Waals surface area (Å²) in [6.45, 7) is 3.35. The topological polar surface area (TPSA) is 34.9 Å². The molecule has 1 rings (SSSR count). The molecule has 0 aliphatic carbocycles. The van der Waals surface area contributed by atoms with E-state index in [0.29, 0.717) is 0 Å². The molecule has 0 spiro atoms. The lowest BCUT2D eigenvalue weighted by Crippen LogP contribution is -2.08. The number of aromatic nitrogens is 2. The van der Waals surface area contributed by atoms with Crippen LogP contribution >= 0.6 is 22.6 Å². The highest BCUT2D eigenvalue weighted by atomic mass is 127. The zero-order chi connectivity index (χ0) is 7.72. The molecule has 10 heavy (non-hydrogen) atoms. The minimum atomic E-state index is -0.0413. The summed E-state index contributed by atoms with van der Waals surface area (Å²) < 4.78 is 2.24. The number of rotatable bonds is 0. The van der Waals surface area contributed by atoms with E-state index in [1.165, 1.54) is 11.6 Å². The van der Waals surface area contributed by atoms with Gasteiger partial charge < -0.3 is 0 Å². The first kappa shape index (κ1) is 7.71. The number of carbonyl (C=O) groups excluding carboxylic acids is 1. The number of hydrogen-bond acceptors (Lipinski definition) is 2. The Morgan fingerprint density at radius 2 is 2.40 bits per heavy atom. The van der Waals surface area contributed by atoms with Crippen LogP contribution in [0, 0.1) is 10.6 Å². The van der Waals surface area contributed by atoms with Crippen molar-refractivity contribution in [1.29, 1.82) is 0 Å². The molecule has 4 heteroatoms. The van der Waals surface area contributed by atoms with Gasteiger partial charge in [-0.15, -0.1) is 0 Å². The van der Waals surface area contributed by atoms with Crippen molar-refractivity contribution in [2.24, 2.45) is 0 Å². The van der Waals surface area contributed by atoms with Crippen LogP contribution in [-0.2, 0) is 0 Å². The summed E-state index contributed by atoms with van der Waals surface area (Å²) in [6.07, 6.45) is 0. The molecule has 0 N–H and O–H groups in total. The molecule has 0 atom stereocenters. The third-order valence-corrected chi connectivity index (χ3v) is 1.68. The fourth-order valence-corrected chi connectivity index (χ4v) is 1.42. The van der Waals surface area contributed by atoms with E-state index in [9.17, 15) is 4.79 Å². The van der Waals surface area contributed by atoms with Gasteiger partial charge in [0.1, 0.15) is 3.70 Å². The van der Waals surface area contributed by atoms with Crippen molar-refractivity contribution in [3.63, 3.8) is 0 Å². The van der Waals surface area contributed by atoms with Crippen LogP contribution in [0.15, 0.2) is 6.07 Å². The molecule has 0 bridgehead atoms. The van der Waals surface area contributed by atoms with Gasteiger partial charge in [-0.2, -0.15) is 5.10 Å². The smallest absolute Gasteiger partial charge is 0.243 e. The van der Waals surface area contributed by atoms with Gasteiger partial charge in [-0.1, -0.05) is 0 Å². The third-order valence-electron chi connectivity index (χ3n) is 1.16. The highest BCUT2D eigenvalue weighted by molar-refractivity contribution is 14.1. The second kappa shape index (κ2) is 2.69. The Morgan fingerprint density at radius 3 is 2.60 bits per heavy atom. The molecule has 1 heterocycles. The Balaban J connectivity index is 3.15. The Kier molecular flexibility index (Phi) is 2.08. The number of hydrogen-bond donors (Lipinski definition) is 0. The zero-order valence-electron chi connectivity index (χ0n) is 5.76. The van der Waals surface area contributed by atoms with Crippen LogP contribution < -0.4 is 0 Å². The predicted molar refractivity (Wildman–Crippen MR) is 46.0 cm³/mol. The molecule has 0 saturated carbocycles. The van der Waals surface area contributed by atoms with Crippen molar-refractivity contribution < 1.29 is 4.79 Å². The highest BCUT2D eigenvalue weighted by Gasteiger charge is 2.03. The van der Waals surface area contributed by atoms with E-state index in [0.717, 1.165) is 9.39 Å². The molecule has 0 aliphatic heterocycles. The lowest BCUT2D eigenvalue weighted by Gasteiger charge is -1.93. The van der Waals surface area contributed by atoms with Gasteiger partial charge in [-0.05, 0) is 35.6 Å². The largest absolute Gasteiger partial charge is 0.273 e. The number of nitrogens with zero attached hydrogens (tertiary/aromatic N) is 2. The molecule has 0 radical (unpaired) electrons. The van der Waals surface area contributed by atoms with E-state index < -0.39 is 0 Å². The second-order valence-electron chi connectivity index (χ2n) is 2.04. The third kappa shape index (κ3) is 1.36. The van der Waals surface area contributed by atoms with Crippen molar-refractivity contribution in [3.05, 3.63) is 15.5 Å². The number of aryl methyl sites for hydroxylation is 1. The lowest BCUT2D eigenvalue weighted by molar-refractivity contribution is 0.0918. The standard InChI is InChI=1S/C6H7IN2O/c1-4-3-6(7)8-9(4)5(2)10/h3H,1-2H3. The van der Waals surface area contributed by atoms with Gasteiger partial charge in [0.15, 0.2) is 0 Å². The molecule has 3 nitrogen and oxygen atoms in total. The average Bonchev–Trinajstić information content (AvgIpc) is 2.10. The van der Waals surface area contributed by atoms with E-state index in [4.69, 9.17) is 0 Å². The summed E-state index contributed by atoms with van der Waals surface area (Å²) in [4.78, 5) is 10.8. The minimum Gasteiger partial charge on any atom is -0.273 e. The molecule has 0 amide bonds. The molecular formula is C6H7IN2O. The Bertz CT molecular complexity index is 267. The summed E-state index contributed by atoms with van der Waals surface area (Å²) in [5.41, 5.74) is 0.886. The fraction of sp³-hybridized carbons (Fsp3) is 0.333. The quantitative estimate of drug-likeness (QED) is 0.653. The molecule has 54 valence electrons. The van der Waals surface area contributed by atoms with Crippen molar-refractivity contribution in [2.75, 3.05) is 0 Å². The first-order chi connectivity index (χ1) is 4.61. The SMILES string of the molecule is CC(=O)n1nc(I)cc1C. The Morgan fingerprint density at radius 1 is 1.80 bits per heavy atom. The van der Waals surface area contributed by atoms with E-state index in [2.05, 4.69) is 27.7 Å². The summed E-state index contributed by atoms with van der Waals surface area (Å²) >= 11 is 2.08. The van der Waals surface area contributed by atoms with Crippen LogP contribution in [0.1, 0.15) is 17.4 Å². The zero-order valence-corrected chi connectivity index (χ0v) is 7.92. The van der Waals surface area contributed by atoms with Gasteiger partial charge in [-0.3, -0.25) is 4.79 Å². The normalized spacial score (nSPS) is 9.90. The van der Waals surface area contributed by atoms with Crippen LogP contribution in [0.5, 0.6) is 0 Å². The van der Waals surface area contributed by atoms with Crippen LogP contribution in [0.4, 0.5) is 0 Å². The molecule has 0 fully saturated rings. The molecule has 1 aromatic heterocycles. The Labute approximate surface area is 72.6 Å². The maximum Gasteiger partial charge on any atom is 0.243 e. The maximum absolute atomic E-state index is 10.8. The molecule has 0 unspecified atom stereocenters. The fourth-order valence-electron chi connectivity index (χ4n) is 0.756. The van der Waals surface area contributed by atoms with Gasteiger partial charge in [0.2, 0.25) is 5.91 Å². The molecule has 1 aromatic rings. The van der Waals surface area contributed by atoms with Crippen molar-refractivity contribution >= 4 is 28.5 Å². The van der Waals surface area contributed by atoms with Gasteiger partial charge in [0.25, 0.3) is 0 Å². The highest BCUT2D eigenvalue weighted by Crippen LogP contribution is 2.04. The molecule has 0 aliphatic rings. The van der Waals surface area contributed by atoms with Crippen molar-refractivity contribution in [2.45, 2.75) is 13.8 Å². The summed E-state index contributed by atoms with van der Waals surface area (Å²) in [7, 11) is 0. The minimum absolute atomic E-state index is 0.0413. The van der Waals surface area contributed by atoms with Gasteiger partial charge in [-0.25, -0.2) is 4.68 Å². The molecule has 0 aromatic carbocycles. The summed E-state index contributed by atoms with van der Waals surface area (Å²) in [5.74, 6) is -0.0413. The predicted octanol–water partition coefficient (Wildman–Crippen LogP) is 1.46. The van der Waals surface area contributed by atoms with Crippen LogP contribution in [0.3, 0.4) is 0 Å². The van der Waals surface area contributed by atoms with Gasteiger partial charge >= 0.3 is 0 Å². The van der Waals surface area contributed by atoms with Crippen molar-refractivity contribution in [1.82, 2.24) is 9.78 Å². The van der Waals surface area contributed by atoms with Crippen LogP contribution in [0.2, 0.25) is 0 Å². The lowest BCUT2D eigenvalue weighted by atomic mass is 10.5. The van der Waals surface area contributed by atoms with Crippen LogP contribution in [0.25, 0.3) is 0 Å². The average molecular weight is 250 g/mol. The van der Waals surface area contributed by atoms with Gasteiger partial charge in [0, 0.05) is 12.6 Å². The van der Waals surface area contributed by atoms with Crippen LogP contribution in [-0.4, -0.2) is 15.7 Å². The second-order valence-corrected chi connectivity index (χ2v) is 3.14. The number of carbonyl (C=O) groups is 1. The van der Waals surface area contributed by atoms with E-state index >= 15 is 0 Å². The first-order valence-corrected chi connectivity index (χ1v) is 3.92. The Hall–Kier alpha value is -0.390. The first-order valence-electron chi connectivity index (χ1n) is 2.84. The monoisotopic (exact) mass is 250 g/mol. The summed E-state index contributed by atoms with van der Waals surface area (Å²) in [5, 5.41) is 3.96. The maximum atomic E-state index is 10.8. The summed E-state index contributed by atoms with van der Waals surface area (Å²) in [6, 6.07) is 1.86. The molecule has 0 saturated heterocycles. The van der Waals surface area contributed by atoms with Gasteiger partial charge in [0.05, 0.1) is 0 Å². The van der Waals surface area contributed by atoms with E-state index in [1.807, 2.05) is 13.0 Å². The number of halogens is 1. The molecular weight excluding hydrogens is 243 g/mol. The van der Waals surface area contributed by atoms with E-state index in [1.54, 1.807) is 0 Å². The van der Waals surface area contributed by atoms with Crippen molar-refractivity contribution in [3.8, 4) is 0 Å². The van der Waals surface area contributed by atoms with E-state index in [-0.39, 0.29) is 5.91 Å².